The maximum atomic E-state index is 12.3. The van der Waals surface area contributed by atoms with Gasteiger partial charge in [-0.1, -0.05) is 0 Å². The maximum Gasteiger partial charge on any atom is 0.435 e. The number of rotatable bonds is 5. The molecule has 8 heteroatoms. The minimum Gasteiger partial charge on any atom is -0.383 e. The zero-order valence-electron chi connectivity index (χ0n) is 9.99. The summed E-state index contributed by atoms with van der Waals surface area (Å²) in [6.45, 7) is 2.10. The van der Waals surface area contributed by atoms with Crippen LogP contribution in [-0.2, 0) is 15.7 Å². The fraction of sp³-hybridized carbons (Fsp3) is 0.600. The van der Waals surface area contributed by atoms with Gasteiger partial charge in [0.2, 0.25) is 5.91 Å². The molecule has 0 aromatic carbocycles. The molecule has 0 spiro atoms. The van der Waals surface area contributed by atoms with Crippen LogP contribution in [-0.4, -0.2) is 35.9 Å². The van der Waals surface area contributed by atoms with Crippen LogP contribution in [0.25, 0.3) is 0 Å². The molecule has 1 N–H and O–H groups in total. The molecule has 1 rings (SSSR count). The fourth-order valence-electron chi connectivity index (χ4n) is 1.25. The quantitative estimate of drug-likeness (QED) is 0.814. The number of ether oxygens (including phenoxy) is 1. The van der Waals surface area contributed by atoms with Crippen LogP contribution in [0.2, 0.25) is 0 Å². The molecule has 0 aliphatic rings. The van der Waals surface area contributed by atoms with Crippen LogP contribution < -0.4 is 5.32 Å². The van der Waals surface area contributed by atoms with Crippen molar-refractivity contribution in [2.45, 2.75) is 19.1 Å². The lowest BCUT2D eigenvalue weighted by Crippen LogP contribution is -2.33. The molecule has 18 heavy (non-hydrogen) atoms. The van der Waals surface area contributed by atoms with E-state index in [0.29, 0.717) is 13.2 Å². The van der Waals surface area contributed by atoms with Crippen molar-refractivity contribution in [2.75, 3.05) is 20.3 Å². The highest BCUT2D eigenvalue weighted by Crippen LogP contribution is 2.27. The lowest BCUT2D eigenvalue weighted by Gasteiger charge is -2.12. The molecule has 1 amide bonds. The Labute approximate surface area is 102 Å². The average molecular weight is 265 g/mol. The highest BCUT2D eigenvalue weighted by atomic mass is 19.4. The van der Waals surface area contributed by atoms with Gasteiger partial charge in [0.25, 0.3) is 0 Å². The van der Waals surface area contributed by atoms with Crippen LogP contribution in [0, 0.1) is 0 Å². The predicted molar refractivity (Wildman–Crippen MR) is 56.8 cm³/mol. The van der Waals surface area contributed by atoms with Crippen molar-refractivity contribution in [1.29, 1.82) is 0 Å². The maximum absolute atomic E-state index is 12.3. The number of halogens is 3. The Hall–Kier alpha value is -1.57. The lowest BCUT2D eigenvalue weighted by atomic mass is 10.3. The first-order valence-corrected chi connectivity index (χ1v) is 5.25. The zero-order valence-corrected chi connectivity index (χ0v) is 9.99. The van der Waals surface area contributed by atoms with Crippen molar-refractivity contribution in [3.63, 3.8) is 0 Å². The van der Waals surface area contributed by atoms with Crippen molar-refractivity contribution in [1.82, 2.24) is 15.1 Å². The van der Waals surface area contributed by atoms with E-state index in [4.69, 9.17) is 4.74 Å². The summed E-state index contributed by atoms with van der Waals surface area (Å²) in [6, 6.07) is 0.0248. The molecule has 0 saturated heterocycles. The number of aromatic nitrogens is 2. The number of amides is 1. The second-order valence-corrected chi connectivity index (χ2v) is 3.64. The van der Waals surface area contributed by atoms with E-state index >= 15 is 0 Å². The minimum absolute atomic E-state index is 0.299. The van der Waals surface area contributed by atoms with E-state index in [2.05, 4.69) is 10.4 Å². The van der Waals surface area contributed by atoms with Crippen molar-refractivity contribution >= 4 is 5.91 Å². The molecule has 1 aromatic heterocycles. The molecular weight excluding hydrogens is 251 g/mol. The van der Waals surface area contributed by atoms with Gasteiger partial charge in [0.1, 0.15) is 6.04 Å². The van der Waals surface area contributed by atoms with E-state index in [9.17, 15) is 18.0 Å². The molecule has 0 saturated carbocycles. The van der Waals surface area contributed by atoms with Crippen molar-refractivity contribution < 1.29 is 22.7 Å². The van der Waals surface area contributed by atoms with Gasteiger partial charge in [-0.2, -0.15) is 18.3 Å². The van der Waals surface area contributed by atoms with Gasteiger partial charge in [0.05, 0.1) is 6.61 Å². The average Bonchev–Trinajstić information content (AvgIpc) is 2.77. The van der Waals surface area contributed by atoms with Crippen molar-refractivity contribution in [3.05, 3.63) is 18.0 Å². The topological polar surface area (TPSA) is 56.1 Å². The fourth-order valence-corrected chi connectivity index (χ4v) is 1.25. The van der Waals surface area contributed by atoms with Crippen LogP contribution in [0.5, 0.6) is 0 Å². The molecule has 0 radical (unpaired) electrons. The zero-order chi connectivity index (χ0) is 13.8. The number of methoxy groups -OCH3 is 1. The van der Waals surface area contributed by atoms with Gasteiger partial charge in [0.15, 0.2) is 5.69 Å². The van der Waals surface area contributed by atoms with Crippen LogP contribution in [0.3, 0.4) is 0 Å². The van der Waals surface area contributed by atoms with Crippen LogP contribution in [0.4, 0.5) is 13.2 Å². The largest absolute Gasteiger partial charge is 0.435 e. The van der Waals surface area contributed by atoms with Gasteiger partial charge >= 0.3 is 6.18 Å². The van der Waals surface area contributed by atoms with Crippen LogP contribution in [0.15, 0.2) is 12.3 Å². The van der Waals surface area contributed by atoms with Crippen LogP contribution >= 0.6 is 0 Å². The Kier molecular flexibility index (Phi) is 4.71. The lowest BCUT2D eigenvalue weighted by molar-refractivity contribution is -0.142. The van der Waals surface area contributed by atoms with E-state index in [1.165, 1.54) is 14.0 Å². The van der Waals surface area contributed by atoms with E-state index in [1.807, 2.05) is 0 Å². The molecule has 102 valence electrons. The number of alkyl halides is 3. The molecule has 1 unspecified atom stereocenters. The van der Waals surface area contributed by atoms with Gasteiger partial charge < -0.3 is 10.1 Å². The highest BCUT2D eigenvalue weighted by molar-refractivity contribution is 5.79. The summed E-state index contributed by atoms with van der Waals surface area (Å²) in [6.07, 6.45) is -3.37. The smallest absolute Gasteiger partial charge is 0.383 e. The second kappa shape index (κ2) is 5.85. The Morgan fingerprint density at radius 3 is 2.78 bits per heavy atom. The SMILES string of the molecule is COCCNC(=O)C(C)n1ccc(C(F)(F)F)n1. The van der Waals surface area contributed by atoms with Crippen LogP contribution in [0.1, 0.15) is 18.7 Å². The first-order chi connectivity index (χ1) is 8.36. The van der Waals surface area contributed by atoms with Gasteiger partial charge in [-0.15, -0.1) is 0 Å². The number of nitrogens with zero attached hydrogens (tertiary/aromatic N) is 2. The first-order valence-electron chi connectivity index (χ1n) is 5.25. The number of carbonyl (C=O) groups excluding carboxylic acids is 1. The predicted octanol–water partition coefficient (Wildman–Crippen LogP) is 1.23. The molecule has 0 aliphatic heterocycles. The molecule has 5 nitrogen and oxygen atoms in total. The van der Waals surface area contributed by atoms with Gasteiger partial charge in [-0.05, 0) is 13.0 Å². The normalized spacial score (nSPS) is 13.4. The Morgan fingerprint density at radius 1 is 1.61 bits per heavy atom. The molecule has 1 heterocycles. The third-order valence-corrected chi connectivity index (χ3v) is 2.28. The number of carbonyl (C=O) groups is 1. The molecule has 0 fully saturated rings. The molecule has 1 aromatic rings. The molecule has 1 atom stereocenters. The Bertz CT molecular complexity index is 403. The van der Waals surface area contributed by atoms with E-state index in [-0.39, 0.29) is 0 Å². The first kappa shape index (κ1) is 14.5. The summed E-state index contributed by atoms with van der Waals surface area (Å²) in [5.41, 5.74) is -1.01. The van der Waals surface area contributed by atoms with Gasteiger partial charge in [0, 0.05) is 19.9 Å². The Balaban J connectivity index is 2.64. The second-order valence-electron chi connectivity index (χ2n) is 3.64. The molecule has 0 aliphatic carbocycles. The van der Waals surface area contributed by atoms with E-state index in [1.54, 1.807) is 0 Å². The summed E-state index contributed by atoms with van der Waals surface area (Å²) in [5.74, 6) is -0.413. The summed E-state index contributed by atoms with van der Waals surface area (Å²) in [4.78, 5) is 11.6. The Morgan fingerprint density at radius 2 is 2.28 bits per heavy atom. The van der Waals surface area contributed by atoms with E-state index < -0.39 is 23.8 Å². The number of hydrogen-bond acceptors (Lipinski definition) is 3. The van der Waals surface area contributed by atoms with Crippen molar-refractivity contribution in [2.24, 2.45) is 0 Å². The van der Waals surface area contributed by atoms with Crippen molar-refractivity contribution in [3.8, 4) is 0 Å². The highest BCUT2D eigenvalue weighted by Gasteiger charge is 2.34. The minimum atomic E-state index is -4.50. The standard InChI is InChI=1S/C10H14F3N3O2/c1-7(9(17)14-4-6-18-2)16-5-3-8(15-16)10(11,12)13/h3,5,7H,4,6H2,1-2H3,(H,14,17). The number of nitrogens with one attached hydrogen (secondary N) is 1. The van der Waals surface area contributed by atoms with E-state index in [0.717, 1.165) is 16.9 Å². The molecule has 0 bridgehead atoms. The number of hydrogen-bond donors (Lipinski definition) is 1. The summed E-state index contributed by atoms with van der Waals surface area (Å²) in [5, 5.41) is 5.85. The van der Waals surface area contributed by atoms with Gasteiger partial charge in [-0.25, -0.2) is 0 Å². The summed E-state index contributed by atoms with van der Waals surface area (Å²) < 4.78 is 42.7. The monoisotopic (exact) mass is 265 g/mol. The molecular formula is C10H14F3N3O2. The van der Waals surface area contributed by atoms with Gasteiger partial charge in [-0.3, -0.25) is 9.48 Å². The third-order valence-electron chi connectivity index (χ3n) is 2.28. The summed E-state index contributed by atoms with van der Waals surface area (Å²) >= 11 is 0. The third kappa shape index (κ3) is 3.73. The summed E-state index contributed by atoms with van der Waals surface area (Å²) in [7, 11) is 1.48.